The Morgan fingerprint density at radius 2 is 2.50 bits per heavy atom. The first-order valence-electron chi connectivity index (χ1n) is 5.15. The van der Waals surface area contributed by atoms with Crippen LogP contribution < -0.4 is 0 Å². The van der Waals surface area contributed by atoms with E-state index < -0.39 is 0 Å². The molecule has 1 aromatic heterocycles. The number of carbonyl (C=O) groups is 1. The summed E-state index contributed by atoms with van der Waals surface area (Å²) in [5.41, 5.74) is 1.68. The monoisotopic (exact) mass is 215 g/mol. The van der Waals surface area contributed by atoms with Gasteiger partial charge in [-0.2, -0.15) is 0 Å². The zero-order valence-corrected chi connectivity index (χ0v) is 9.16. The molecule has 1 amide bonds. The maximum absolute atomic E-state index is 11.8. The lowest BCUT2D eigenvalue weighted by Gasteiger charge is -2.22. The van der Waals surface area contributed by atoms with E-state index in [1.165, 1.54) is 0 Å². The molecule has 1 N–H and O–H groups in total. The van der Waals surface area contributed by atoms with Crippen LogP contribution in [0.3, 0.4) is 0 Å². The van der Waals surface area contributed by atoms with Crippen molar-refractivity contribution in [2.45, 2.75) is 12.8 Å². The van der Waals surface area contributed by atoms with Crippen molar-refractivity contribution in [1.29, 1.82) is 0 Å². The van der Waals surface area contributed by atoms with E-state index in [4.69, 9.17) is 6.42 Å². The lowest BCUT2D eigenvalue weighted by molar-refractivity contribution is -0.126. The molecule has 0 fully saturated rings. The molecule has 1 aliphatic heterocycles. The highest BCUT2D eigenvalue weighted by Gasteiger charge is 2.18. The normalized spacial score (nSPS) is 15.9. The van der Waals surface area contributed by atoms with Gasteiger partial charge in [0.25, 0.3) is 0 Å². The molecular formula is C12H13N3O. The molecule has 1 aliphatic rings. The van der Waals surface area contributed by atoms with Gasteiger partial charge in [-0.3, -0.25) is 4.79 Å². The van der Waals surface area contributed by atoms with Crippen LogP contribution in [0.1, 0.15) is 17.9 Å². The molecule has 0 spiro atoms. The number of amides is 1. The Morgan fingerprint density at radius 3 is 3.19 bits per heavy atom. The largest absolute Gasteiger partial charge is 0.342 e. The van der Waals surface area contributed by atoms with Crippen LogP contribution in [-0.2, 0) is 11.2 Å². The molecule has 0 bridgehead atoms. The molecule has 2 rings (SSSR count). The third kappa shape index (κ3) is 1.98. The number of aromatic nitrogens is 2. The van der Waals surface area contributed by atoms with E-state index in [1.807, 2.05) is 13.1 Å². The van der Waals surface area contributed by atoms with Crippen LogP contribution in [0.5, 0.6) is 0 Å². The van der Waals surface area contributed by atoms with E-state index in [-0.39, 0.29) is 5.91 Å². The fourth-order valence-electron chi connectivity index (χ4n) is 1.74. The van der Waals surface area contributed by atoms with Crippen LogP contribution in [0.15, 0.2) is 17.8 Å². The van der Waals surface area contributed by atoms with Gasteiger partial charge in [-0.05, 0) is 12.3 Å². The van der Waals surface area contributed by atoms with Gasteiger partial charge >= 0.3 is 0 Å². The zero-order valence-electron chi connectivity index (χ0n) is 9.16. The van der Waals surface area contributed by atoms with E-state index in [9.17, 15) is 4.79 Å². The van der Waals surface area contributed by atoms with Crippen LogP contribution in [0.2, 0.25) is 0 Å². The van der Waals surface area contributed by atoms with Crippen molar-refractivity contribution >= 4 is 5.91 Å². The van der Waals surface area contributed by atoms with E-state index in [0.29, 0.717) is 12.2 Å². The Kier molecular flexibility index (Phi) is 2.78. The standard InChI is InChI=1S/C12H13N3O/c1-3-11-13-8-10(14-11)7-9-5-4-6-15(2)12(9)16/h1,5,8H,4,6-7H2,2H3,(H,13,14). The molecule has 0 saturated carbocycles. The summed E-state index contributed by atoms with van der Waals surface area (Å²) in [6.45, 7) is 0.793. The molecule has 1 aromatic rings. The highest BCUT2D eigenvalue weighted by Crippen LogP contribution is 2.14. The lowest BCUT2D eigenvalue weighted by atomic mass is 10.0. The lowest BCUT2D eigenvalue weighted by Crippen LogP contribution is -2.32. The molecule has 0 saturated heterocycles. The van der Waals surface area contributed by atoms with Crippen molar-refractivity contribution in [3.8, 4) is 12.3 Å². The molecule has 4 heteroatoms. The number of H-pyrrole nitrogens is 1. The number of hydrogen-bond donors (Lipinski definition) is 1. The highest BCUT2D eigenvalue weighted by molar-refractivity contribution is 5.94. The fourth-order valence-corrected chi connectivity index (χ4v) is 1.74. The zero-order chi connectivity index (χ0) is 11.5. The molecule has 0 radical (unpaired) electrons. The molecule has 0 aliphatic carbocycles. The topological polar surface area (TPSA) is 49.0 Å². The van der Waals surface area contributed by atoms with Crippen molar-refractivity contribution in [1.82, 2.24) is 14.9 Å². The fraction of sp³-hybridized carbons (Fsp3) is 0.333. The number of carbonyl (C=O) groups excluding carboxylic acids is 1. The van der Waals surface area contributed by atoms with Crippen molar-refractivity contribution in [3.05, 3.63) is 29.4 Å². The second-order valence-corrected chi connectivity index (χ2v) is 3.82. The summed E-state index contributed by atoms with van der Waals surface area (Å²) in [6.07, 6.45) is 10.4. The van der Waals surface area contributed by atoms with Crippen LogP contribution in [0.25, 0.3) is 0 Å². The van der Waals surface area contributed by atoms with Gasteiger partial charge < -0.3 is 9.88 Å². The molecule has 16 heavy (non-hydrogen) atoms. The summed E-state index contributed by atoms with van der Waals surface area (Å²) in [5.74, 6) is 3.02. The van der Waals surface area contributed by atoms with Crippen LogP contribution >= 0.6 is 0 Å². The van der Waals surface area contributed by atoms with Gasteiger partial charge in [0, 0.05) is 37.5 Å². The number of rotatable bonds is 2. The van der Waals surface area contributed by atoms with Gasteiger partial charge in [-0.15, -0.1) is 6.42 Å². The number of likely N-dealkylation sites (N-methyl/N-ethyl adjacent to an activating group) is 1. The smallest absolute Gasteiger partial charge is 0.249 e. The van der Waals surface area contributed by atoms with E-state index in [2.05, 4.69) is 15.9 Å². The summed E-state index contributed by atoms with van der Waals surface area (Å²) < 4.78 is 0. The second kappa shape index (κ2) is 4.23. The van der Waals surface area contributed by atoms with E-state index in [1.54, 1.807) is 11.1 Å². The van der Waals surface area contributed by atoms with Gasteiger partial charge in [0.05, 0.1) is 0 Å². The maximum Gasteiger partial charge on any atom is 0.249 e. The Balaban J connectivity index is 2.13. The number of terminal acetylenes is 1. The van der Waals surface area contributed by atoms with Crippen molar-refractivity contribution in [3.63, 3.8) is 0 Å². The molecule has 4 nitrogen and oxygen atoms in total. The summed E-state index contributed by atoms with van der Waals surface area (Å²) in [4.78, 5) is 20.5. The average molecular weight is 215 g/mol. The third-order valence-corrected chi connectivity index (χ3v) is 2.62. The number of imidazole rings is 1. The van der Waals surface area contributed by atoms with Crippen LogP contribution in [0, 0.1) is 12.3 Å². The van der Waals surface area contributed by atoms with Crippen molar-refractivity contribution < 1.29 is 4.79 Å². The van der Waals surface area contributed by atoms with E-state index in [0.717, 1.165) is 24.2 Å². The van der Waals surface area contributed by atoms with Gasteiger partial charge in [-0.1, -0.05) is 6.08 Å². The maximum atomic E-state index is 11.8. The molecule has 82 valence electrons. The average Bonchev–Trinajstić information content (AvgIpc) is 2.73. The Bertz CT molecular complexity index is 479. The number of nitrogens with one attached hydrogen (secondary N) is 1. The second-order valence-electron chi connectivity index (χ2n) is 3.82. The van der Waals surface area contributed by atoms with Gasteiger partial charge in [0.15, 0.2) is 5.82 Å². The summed E-state index contributed by atoms with van der Waals surface area (Å²) in [7, 11) is 1.81. The number of nitrogens with zero attached hydrogens (tertiary/aromatic N) is 2. The highest BCUT2D eigenvalue weighted by atomic mass is 16.2. The van der Waals surface area contributed by atoms with Crippen LogP contribution in [0.4, 0.5) is 0 Å². The summed E-state index contributed by atoms with van der Waals surface area (Å²) >= 11 is 0. The third-order valence-electron chi connectivity index (χ3n) is 2.62. The van der Waals surface area contributed by atoms with Crippen molar-refractivity contribution in [2.24, 2.45) is 0 Å². The van der Waals surface area contributed by atoms with Crippen LogP contribution in [-0.4, -0.2) is 34.4 Å². The molecule has 2 heterocycles. The Morgan fingerprint density at radius 1 is 1.69 bits per heavy atom. The summed E-state index contributed by atoms with van der Waals surface area (Å²) in [5, 5.41) is 0. The molecule has 0 unspecified atom stereocenters. The first-order chi connectivity index (χ1) is 7.70. The SMILES string of the molecule is C#Cc1ncc(CC2=CCCN(C)C2=O)[nH]1. The first-order valence-corrected chi connectivity index (χ1v) is 5.15. The minimum Gasteiger partial charge on any atom is -0.342 e. The van der Waals surface area contributed by atoms with Gasteiger partial charge in [0.2, 0.25) is 5.91 Å². The van der Waals surface area contributed by atoms with Crippen molar-refractivity contribution in [2.75, 3.05) is 13.6 Å². The first kappa shape index (κ1) is 10.5. The summed E-state index contributed by atoms with van der Waals surface area (Å²) in [6, 6.07) is 0. The van der Waals surface area contributed by atoms with Gasteiger partial charge in [-0.25, -0.2) is 4.98 Å². The Hall–Kier alpha value is -2.02. The van der Waals surface area contributed by atoms with E-state index >= 15 is 0 Å². The molecule has 0 atom stereocenters. The Labute approximate surface area is 94.4 Å². The number of aromatic amines is 1. The predicted molar refractivity (Wildman–Crippen MR) is 60.6 cm³/mol. The minimum absolute atomic E-state index is 0.0862. The quantitative estimate of drug-likeness (QED) is 0.739. The predicted octanol–water partition coefficient (Wildman–Crippen LogP) is 0.722. The molecular weight excluding hydrogens is 202 g/mol. The molecule has 0 aromatic carbocycles. The minimum atomic E-state index is 0.0862. The number of hydrogen-bond acceptors (Lipinski definition) is 2. The van der Waals surface area contributed by atoms with Gasteiger partial charge in [0.1, 0.15) is 0 Å².